The Morgan fingerprint density at radius 1 is 0.161 bits per heavy atom. The number of fused-ring (bicyclic) bond motifs is 1. The summed E-state index contributed by atoms with van der Waals surface area (Å²) in [6.45, 7) is 0. The second-order valence-corrected chi connectivity index (χ2v) is 29.7. The molecule has 1 N–H and O–H groups in total. The van der Waals surface area contributed by atoms with E-state index in [-0.39, 0.29) is 0 Å². The summed E-state index contributed by atoms with van der Waals surface area (Å²) >= 11 is 10.7. The zero-order chi connectivity index (χ0) is 76.1. The average molecular weight is 1630 g/mol. The molecule has 0 aliphatic rings. The van der Waals surface area contributed by atoms with E-state index in [2.05, 4.69) is 506 Å². The molecule has 112 heavy (non-hydrogen) atoms. The molecule has 6 heteroatoms. The molecular formula is C106H78Br3N3. The van der Waals surface area contributed by atoms with Crippen LogP contribution in [0.3, 0.4) is 0 Å². The third kappa shape index (κ3) is 19.2. The molecule has 0 unspecified atom stereocenters. The fraction of sp³-hybridized carbons (Fsp3) is 0. The molecule has 0 heterocycles. The first kappa shape index (κ1) is 74.5. The van der Waals surface area contributed by atoms with Crippen LogP contribution < -0.4 is 15.1 Å². The lowest BCUT2D eigenvalue weighted by atomic mass is 9.99. The van der Waals surface area contributed by atoms with Gasteiger partial charge in [0.25, 0.3) is 0 Å². The van der Waals surface area contributed by atoms with Gasteiger partial charge in [0.1, 0.15) is 0 Å². The van der Waals surface area contributed by atoms with Crippen LogP contribution in [-0.2, 0) is 0 Å². The third-order valence-electron chi connectivity index (χ3n) is 19.5. The van der Waals surface area contributed by atoms with E-state index in [1.165, 1.54) is 105 Å². The predicted molar refractivity (Wildman–Crippen MR) is 489 cm³/mol. The monoisotopic (exact) mass is 1630 g/mol. The van der Waals surface area contributed by atoms with Crippen molar-refractivity contribution in [1.29, 1.82) is 0 Å². The lowest BCUT2D eigenvalue weighted by Gasteiger charge is -2.27. The summed E-state index contributed by atoms with van der Waals surface area (Å²) < 4.78 is 3.28. The molecule has 0 atom stereocenters. The average Bonchev–Trinajstić information content (AvgIpc) is 0.785. The molecule has 0 spiro atoms. The van der Waals surface area contributed by atoms with Crippen LogP contribution in [-0.4, -0.2) is 0 Å². The zero-order valence-electron chi connectivity index (χ0n) is 61.5. The maximum absolute atomic E-state index is 3.61. The van der Waals surface area contributed by atoms with Crippen LogP contribution in [0.5, 0.6) is 0 Å². The van der Waals surface area contributed by atoms with Crippen molar-refractivity contribution in [1.82, 2.24) is 0 Å². The summed E-state index contributed by atoms with van der Waals surface area (Å²) in [7, 11) is 0. The second-order valence-electron chi connectivity index (χ2n) is 26.9. The van der Waals surface area contributed by atoms with Gasteiger partial charge in [-0.25, -0.2) is 0 Å². The van der Waals surface area contributed by atoms with Gasteiger partial charge < -0.3 is 15.1 Å². The van der Waals surface area contributed by atoms with Crippen molar-refractivity contribution in [2.45, 2.75) is 0 Å². The van der Waals surface area contributed by atoms with E-state index in [0.29, 0.717) is 0 Å². The number of anilines is 8. The van der Waals surface area contributed by atoms with E-state index < -0.39 is 0 Å². The number of para-hydroxylation sites is 1. The Morgan fingerprint density at radius 3 is 0.714 bits per heavy atom. The number of hydrogen-bond donors (Lipinski definition) is 1. The summed E-state index contributed by atoms with van der Waals surface area (Å²) in [5.74, 6) is 0. The van der Waals surface area contributed by atoms with Crippen LogP contribution >= 0.6 is 47.8 Å². The number of benzene rings is 18. The van der Waals surface area contributed by atoms with Crippen molar-refractivity contribution < 1.29 is 0 Å². The normalized spacial score (nSPS) is 10.6. The number of hydrogen-bond acceptors (Lipinski definition) is 3. The van der Waals surface area contributed by atoms with Crippen molar-refractivity contribution in [2.24, 2.45) is 0 Å². The van der Waals surface area contributed by atoms with Gasteiger partial charge in [-0.3, -0.25) is 0 Å². The highest BCUT2D eigenvalue weighted by molar-refractivity contribution is 9.11. The Bertz CT molecular complexity index is 5720. The van der Waals surface area contributed by atoms with E-state index in [0.717, 1.165) is 53.2 Å². The fourth-order valence-electron chi connectivity index (χ4n) is 13.7. The van der Waals surface area contributed by atoms with Gasteiger partial charge in [0.05, 0.1) is 5.69 Å². The summed E-state index contributed by atoms with van der Waals surface area (Å²) in [4.78, 5) is 4.64. The molecule has 18 rings (SSSR count). The molecule has 18 aromatic carbocycles. The minimum absolute atomic E-state index is 1.09. The van der Waals surface area contributed by atoms with Crippen LogP contribution in [0.15, 0.2) is 481 Å². The Balaban J connectivity index is 0.000000122. The molecule has 0 aromatic heterocycles. The molecule has 0 radical (unpaired) electrons. The Hall–Kier alpha value is -12.9. The first-order valence-electron chi connectivity index (χ1n) is 37.4. The summed E-state index contributed by atoms with van der Waals surface area (Å²) in [6.07, 6.45) is 0. The topological polar surface area (TPSA) is 18.5 Å². The van der Waals surface area contributed by atoms with Gasteiger partial charge in [0.15, 0.2) is 0 Å². The van der Waals surface area contributed by atoms with Gasteiger partial charge in [-0.1, -0.05) is 381 Å². The second kappa shape index (κ2) is 37.0. The summed E-state index contributed by atoms with van der Waals surface area (Å²) in [6, 6.07) is 164. The molecule has 0 aliphatic heterocycles. The summed E-state index contributed by atoms with van der Waals surface area (Å²) in [5, 5.41) is 5.94. The zero-order valence-corrected chi connectivity index (χ0v) is 66.2. The molecular weight excluding hydrogens is 1550 g/mol. The highest BCUT2D eigenvalue weighted by Gasteiger charge is 2.17. The summed E-state index contributed by atoms with van der Waals surface area (Å²) in [5.41, 5.74) is 28.5. The SMILES string of the molecule is Brc1cc(-c2ccccc2)cc(-c2ccccc2)c1.Brc1ccc(-c2ccc(N(c3ccc(-c4ccccc4)cc3)c3ccc(-c4ccccc4)cc3)cc2)cc1.Brc1ccc(-c2ccc(N(c3ccccc3)c3cccc4ccccc34)cc2)cc1.c1ccc(-c2ccc(Nc3ccc(-c4ccccc4)cc3)cc2)cc1. The van der Waals surface area contributed by atoms with Crippen LogP contribution in [0.25, 0.3) is 99.8 Å². The minimum Gasteiger partial charge on any atom is -0.356 e. The third-order valence-corrected chi connectivity index (χ3v) is 21.0. The number of nitrogens with one attached hydrogen (secondary N) is 1. The highest BCUT2D eigenvalue weighted by Crippen LogP contribution is 2.42. The van der Waals surface area contributed by atoms with Crippen LogP contribution in [0, 0.1) is 0 Å². The van der Waals surface area contributed by atoms with Gasteiger partial charge in [-0.05, 0) is 228 Å². The lowest BCUT2D eigenvalue weighted by molar-refractivity contribution is 1.28. The molecule has 538 valence electrons. The number of rotatable bonds is 16. The van der Waals surface area contributed by atoms with Crippen LogP contribution in [0.4, 0.5) is 45.5 Å². The number of halogens is 3. The Morgan fingerprint density at radius 2 is 0.393 bits per heavy atom. The Kier molecular flexibility index (Phi) is 24.6. The smallest absolute Gasteiger partial charge is 0.0540 e. The largest absolute Gasteiger partial charge is 0.356 e. The van der Waals surface area contributed by atoms with Gasteiger partial charge in [-0.2, -0.15) is 0 Å². The maximum atomic E-state index is 3.61. The van der Waals surface area contributed by atoms with Crippen molar-refractivity contribution in [2.75, 3.05) is 15.1 Å². The van der Waals surface area contributed by atoms with E-state index in [9.17, 15) is 0 Å². The van der Waals surface area contributed by atoms with E-state index >= 15 is 0 Å². The van der Waals surface area contributed by atoms with E-state index in [1.807, 2.05) is 24.3 Å². The minimum atomic E-state index is 1.09. The Labute approximate surface area is 683 Å². The molecule has 0 amide bonds. The van der Waals surface area contributed by atoms with Crippen molar-refractivity contribution in [3.05, 3.63) is 481 Å². The van der Waals surface area contributed by atoms with Crippen LogP contribution in [0.2, 0.25) is 0 Å². The predicted octanol–water partition coefficient (Wildman–Crippen LogP) is 32.2. The van der Waals surface area contributed by atoms with E-state index in [1.54, 1.807) is 0 Å². The first-order valence-corrected chi connectivity index (χ1v) is 39.8. The van der Waals surface area contributed by atoms with Crippen LogP contribution in [0.1, 0.15) is 0 Å². The van der Waals surface area contributed by atoms with Crippen molar-refractivity contribution >= 4 is 104 Å². The molecule has 0 bridgehead atoms. The van der Waals surface area contributed by atoms with Crippen molar-refractivity contribution in [3.8, 4) is 89.0 Å². The molecule has 0 saturated carbocycles. The molecule has 0 aliphatic carbocycles. The van der Waals surface area contributed by atoms with Gasteiger partial charge in [0.2, 0.25) is 0 Å². The highest BCUT2D eigenvalue weighted by atomic mass is 79.9. The quantitative estimate of drug-likeness (QED) is 0.104. The lowest BCUT2D eigenvalue weighted by Crippen LogP contribution is -2.10. The standard InChI is InChI=1S/C36H26BrN.C28H20BrN.C24H19N.C18H13Br/c37-33-19-11-29(12-20-33)32-17-25-36(26-18-32)38(34-21-13-30(14-22-34)27-7-3-1-4-8-27)35-23-15-31(16-24-35)28-9-5-2-6-10-28;29-24-17-13-21(14-18-24)22-15-19-26(20-16-22)30(25-9-2-1-3-10-25)28-12-6-8-23-7-4-5-11-27(23)28;1-3-7-19(8-4-1)21-11-15-23(16-12-21)25-24-17-13-22(14-18-24)20-9-5-2-6-10-20;19-18-12-16(14-7-3-1-4-8-14)11-17(13-18)15-9-5-2-6-10-15/h1-26H;1-20H;1-18,25H;1-13H. The van der Waals surface area contributed by atoms with Crippen molar-refractivity contribution in [3.63, 3.8) is 0 Å². The van der Waals surface area contributed by atoms with Gasteiger partial charge >= 0.3 is 0 Å². The van der Waals surface area contributed by atoms with E-state index in [4.69, 9.17) is 0 Å². The maximum Gasteiger partial charge on any atom is 0.0540 e. The molecule has 3 nitrogen and oxygen atoms in total. The molecule has 0 saturated heterocycles. The van der Waals surface area contributed by atoms with Gasteiger partial charge in [-0.15, -0.1) is 0 Å². The molecule has 18 aromatic rings. The van der Waals surface area contributed by atoms with Gasteiger partial charge in [0, 0.05) is 58.6 Å². The molecule has 0 fully saturated rings. The number of nitrogens with zero attached hydrogens (tertiary/aromatic N) is 2. The first-order chi connectivity index (χ1) is 55.2. The fourth-order valence-corrected chi connectivity index (χ4v) is 14.7.